The number of fused-ring (bicyclic) bond motifs is 1. The number of nitrogens with one attached hydrogen (secondary N) is 1. The normalized spacial score (nSPS) is 16.6. The first-order valence-electron chi connectivity index (χ1n) is 9.59. The molecule has 8 heteroatoms. The number of pyridine rings is 1. The molecule has 146 valence electrons. The van der Waals surface area contributed by atoms with Gasteiger partial charge in [0, 0.05) is 30.5 Å². The third kappa shape index (κ3) is 3.26. The van der Waals surface area contributed by atoms with Crippen molar-refractivity contribution in [3.63, 3.8) is 0 Å². The van der Waals surface area contributed by atoms with Crippen LogP contribution in [-0.4, -0.2) is 49.0 Å². The number of carbonyl (C=O) groups is 1. The van der Waals surface area contributed by atoms with Gasteiger partial charge in [0.2, 0.25) is 11.8 Å². The molecule has 1 atom stereocenters. The number of aromatic nitrogens is 5. The number of nitrogens with zero attached hydrogens (tertiary/aromatic N) is 5. The SMILES string of the molecule is Cc1ccc(-c2nnc(C3CCN(C(=O)c4ccc5nc(C)[nH]c5c4)C3)o2)cn1. The third-order valence-electron chi connectivity index (χ3n) is 5.27. The summed E-state index contributed by atoms with van der Waals surface area (Å²) in [7, 11) is 0. The Morgan fingerprint density at radius 1 is 1.21 bits per heavy atom. The van der Waals surface area contributed by atoms with E-state index in [9.17, 15) is 4.79 Å². The predicted molar refractivity (Wildman–Crippen MR) is 106 cm³/mol. The molecule has 1 N–H and O–H groups in total. The molecule has 1 amide bonds. The summed E-state index contributed by atoms with van der Waals surface area (Å²) < 4.78 is 5.87. The number of aromatic amines is 1. The van der Waals surface area contributed by atoms with Crippen LogP contribution in [0.5, 0.6) is 0 Å². The first kappa shape index (κ1) is 17.5. The van der Waals surface area contributed by atoms with Gasteiger partial charge in [0.25, 0.3) is 5.91 Å². The molecule has 0 saturated carbocycles. The summed E-state index contributed by atoms with van der Waals surface area (Å²) in [6.45, 7) is 5.05. The summed E-state index contributed by atoms with van der Waals surface area (Å²) in [4.78, 5) is 26.6. The molecule has 0 radical (unpaired) electrons. The average molecular weight is 388 g/mol. The van der Waals surface area contributed by atoms with Gasteiger partial charge >= 0.3 is 0 Å². The molecule has 1 unspecified atom stereocenters. The lowest BCUT2D eigenvalue weighted by Gasteiger charge is -2.15. The second-order valence-corrected chi connectivity index (χ2v) is 7.42. The van der Waals surface area contributed by atoms with E-state index in [0.29, 0.717) is 30.4 Å². The molecule has 4 heterocycles. The molecule has 4 aromatic rings. The van der Waals surface area contributed by atoms with E-state index in [2.05, 4.69) is 25.1 Å². The van der Waals surface area contributed by atoms with Crippen molar-refractivity contribution in [2.75, 3.05) is 13.1 Å². The highest BCUT2D eigenvalue weighted by Gasteiger charge is 2.31. The van der Waals surface area contributed by atoms with Gasteiger partial charge in [-0.15, -0.1) is 10.2 Å². The number of aryl methyl sites for hydroxylation is 2. The Balaban J connectivity index is 1.31. The molecule has 1 aromatic carbocycles. The van der Waals surface area contributed by atoms with Gasteiger partial charge in [0.1, 0.15) is 5.82 Å². The molecule has 8 nitrogen and oxygen atoms in total. The summed E-state index contributed by atoms with van der Waals surface area (Å²) in [5.41, 5.74) is 4.11. The Labute approximate surface area is 167 Å². The zero-order valence-corrected chi connectivity index (χ0v) is 16.2. The molecule has 0 spiro atoms. The second-order valence-electron chi connectivity index (χ2n) is 7.42. The minimum Gasteiger partial charge on any atom is -0.420 e. The van der Waals surface area contributed by atoms with Crippen LogP contribution in [0.25, 0.3) is 22.5 Å². The monoisotopic (exact) mass is 388 g/mol. The number of rotatable bonds is 3. The van der Waals surface area contributed by atoms with E-state index in [1.165, 1.54) is 0 Å². The van der Waals surface area contributed by atoms with Crippen LogP contribution in [0.1, 0.15) is 40.1 Å². The minimum absolute atomic E-state index is 0.00382. The predicted octanol–water partition coefficient (Wildman–Crippen LogP) is 3.25. The van der Waals surface area contributed by atoms with E-state index in [1.807, 2.05) is 49.1 Å². The summed E-state index contributed by atoms with van der Waals surface area (Å²) in [6, 6.07) is 9.39. The second kappa shape index (κ2) is 6.80. The van der Waals surface area contributed by atoms with Crippen LogP contribution in [0.3, 0.4) is 0 Å². The van der Waals surface area contributed by atoms with Crippen molar-refractivity contribution in [1.82, 2.24) is 30.0 Å². The number of hydrogen-bond acceptors (Lipinski definition) is 6. The van der Waals surface area contributed by atoms with Crippen LogP contribution in [0.15, 0.2) is 40.9 Å². The first-order valence-corrected chi connectivity index (χ1v) is 9.59. The Kier molecular flexibility index (Phi) is 4.12. The molecule has 5 rings (SSSR count). The van der Waals surface area contributed by atoms with Crippen LogP contribution < -0.4 is 0 Å². The zero-order valence-electron chi connectivity index (χ0n) is 16.2. The fourth-order valence-electron chi connectivity index (χ4n) is 3.71. The maximum atomic E-state index is 12.9. The molecule has 3 aromatic heterocycles. The van der Waals surface area contributed by atoms with Gasteiger partial charge in [-0.1, -0.05) is 0 Å². The highest BCUT2D eigenvalue weighted by atomic mass is 16.4. The summed E-state index contributed by atoms with van der Waals surface area (Å²) in [5, 5.41) is 8.37. The number of benzene rings is 1. The average Bonchev–Trinajstić information content (AvgIpc) is 3.45. The van der Waals surface area contributed by atoms with Crippen LogP contribution in [0, 0.1) is 13.8 Å². The first-order chi connectivity index (χ1) is 14.1. The largest absolute Gasteiger partial charge is 0.420 e. The standard InChI is InChI=1S/C21H20N6O2/c1-12-3-4-15(10-22-12)19-25-26-20(29-19)16-7-8-27(11-16)21(28)14-5-6-17-18(9-14)24-13(2)23-17/h3-6,9-10,16H,7-8,11H2,1-2H3,(H,23,24). The van der Waals surface area contributed by atoms with Gasteiger partial charge in [-0.2, -0.15) is 0 Å². The van der Waals surface area contributed by atoms with Crippen molar-refractivity contribution in [2.45, 2.75) is 26.2 Å². The van der Waals surface area contributed by atoms with Crippen molar-refractivity contribution in [3.8, 4) is 11.5 Å². The number of amides is 1. The highest BCUT2D eigenvalue weighted by molar-refractivity contribution is 5.97. The molecule has 1 aliphatic heterocycles. The highest BCUT2D eigenvalue weighted by Crippen LogP contribution is 2.29. The van der Waals surface area contributed by atoms with Crippen molar-refractivity contribution in [1.29, 1.82) is 0 Å². The summed E-state index contributed by atoms with van der Waals surface area (Å²) in [6.07, 6.45) is 2.52. The molecule has 29 heavy (non-hydrogen) atoms. The van der Waals surface area contributed by atoms with E-state index in [1.54, 1.807) is 6.20 Å². The van der Waals surface area contributed by atoms with Crippen LogP contribution in [-0.2, 0) is 0 Å². The quantitative estimate of drug-likeness (QED) is 0.578. The van der Waals surface area contributed by atoms with Crippen molar-refractivity contribution in [2.24, 2.45) is 0 Å². The number of carbonyl (C=O) groups excluding carboxylic acids is 1. The lowest BCUT2D eigenvalue weighted by molar-refractivity contribution is 0.0790. The fraction of sp³-hybridized carbons (Fsp3) is 0.286. The maximum Gasteiger partial charge on any atom is 0.253 e. The smallest absolute Gasteiger partial charge is 0.253 e. The minimum atomic E-state index is 0.00382. The lowest BCUT2D eigenvalue weighted by Crippen LogP contribution is -2.28. The van der Waals surface area contributed by atoms with Crippen LogP contribution in [0.4, 0.5) is 0 Å². The van der Waals surface area contributed by atoms with Crippen molar-refractivity contribution >= 4 is 16.9 Å². The van der Waals surface area contributed by atoms with Gasteiger partial charge in [-0.05, 0) is 50.6 Å². The van der Waals surface area contributed by atoms with Gasteiger partial charge < -0.3 is 14.3 Å². The molecule has 1 saturated heterocycles. The lowest BCUT2D eigenvalue weighted by atomic mass is 10.1. The molecule has 1 fully saturated rings. The Morgan fingerprint density at radius 2 is 2.10 bits per heavy atom. The molecule has 1 aliphatic rings. The number of hydrogen-bond donors (Lipinski definition) is 1. The topological polar surface area (TPSA) is 101 Å². The van der Waals surface area contributed by atoms with E-state index in [-0.39, 0.29) is 11.8 Å². The maximum absolute atomic E-state index is 12.9. The van der Waals surface area contributed by atoms with E-state index < -0.39 is 0 Å². The molecular weight excluding hydrogens is 368 g/mol. The third-order valence-corrected chi connectivity index (χ3v) is 5.27. The Bertz CT molecular complexity index is 1190. The van der Waals surface area contributed by atoms with Gasteiger partial charge in [0.15, 0.2) is 0 Å². The number of likely N-dealkylation sites (tertiary alicyclic amines) is 1. The van der Waals surface area contributed by atoms with E-state index in [0.717, 1.165) is 34.5 Å². The molecule has 0 bridgehead atoms. The van der Waals surface area contributed by atoms with Crippen molar-refractivity contribution < 1.29 is 9.21 Å². The summed E-state index contributed by atoms with van der Waals surface area (Å²) >= 11 is 0. The fourth-order valence-corrected chi connectivity index (χ4v) is 3.71. The zero-order chi connectivity index (χ0) is 20.0. The van der Waals surface area contributed by atoms with E-state index in [4.69, 9.17) is 4.42 Å². The van der Waals surface area contributed by atoms with Gasteiger partial charge in [-0.25, -0.2) is 4.98 Å². The number of H-pyrrole nitrogens is 1. The summed E-state index contributed by atoms with van der Waals surface area (Å²) in [5.74, 6) is 1.90. The van der Waals surface area contributed by atoms with Gasteiger partial charge in [-0.3, -0.25) is 9.78 Å². The van der Waals surface area contributed by atoms with Gasteiger partial charge in [0.05, 0.1) is 22.5 Å². The van der Waals surface area contributed by atoms with Crippen molar-refractivity contribution in [3.05, 3.63) is 59.5 Å². The van der Waals surface area contributed by atoms with Crippen LogP contribution in [0.2, 0.25) is 0 Å². The Hall–Kier alpha value is -3.55. The van der Waals surface area contributed by atoms with E-state index >= 15 is 0 Å². The number of imidazole rings is 1. The molecule has 0 aliphatic carbocycles. The Morgan fingerprint density at radius 3 is 2.93 bits per heavy atom. The molecular formula is C21H20N6O2. The van der Waals surface area contributed by atoms with Crippen LogP contribution >= 0.6 is 0 Å².